The zero-order valence-electron chi connectivity index (χ0n) is 6.57. The number of hydrogen-bond acceptors (Lipinski definition) is 4. The highest BCUT2D eigenvalue weighted by Crippen LogP contribution is 1.80. The van der Waals surface area contributed by atoms with E-state index in [9.17, 15) is 9.90 Å². The van der Waals surface area contributed by atoms with Crippen molar-refractivity contribution in [3.8, 4) is 0 Å². The van der Waals surface area contributed by atoms with Crippen LogP contribution in [0.15, 0.2) is 12.2 Å². The summed E-state index contributed by atoms with van der Waals surface area (Å²) in [7, 11) is 0. The molecule has 0 aromatic carbocycles. The normalized spacial score (nSPS) is 17.1. The van der Waals surface area contributed by atoms with Gasteiger partial charge in [-0.1, -0.05) is 0 Å². The Morgan fingerprint density at radius 3 is 3.44 bits per heavy atom. The molecule has 0 aliphatic heterocycles. The van der Waals surface area contributed by atoms with Gasteiger partial charge in [-0.05, 0) is 0 Å². The van der Waals surface area contributed by atoms with Crippen LogP contribution in [0.2, 0.25) is 0 Å². The molecule has 0 saturated heterocycles. The van der Waals surface area contributed by atoms with Crippen LogP contribution in [0.25, 0.3) is 1.43 Å². The fraction of sp³-hybridized carbons (Fsp3) is 0.400. The number of rotatable bonds is 5. The van der Waals surface area contributed by atoms with Gasteiger partial charge < -0.3 is 19.7 Å². The van der Waals surface area contributed by atoms with Crippen molar-refractivity contribution in [2.24, 2.45) is 0 Å². The molecule has 4 nitrogen and oxygen atoms in total. The van der Waals surface area contributed by atoms with E-state index in [1.165, 1.54) is 0 Å². The second-order valence-electron chi connectivity index (χ2n) is 1.14. The van der Waals surface area contributed by atoms with E-state index in [-0.39, 0.29) is 6.61 Å². The maximum absolute atomic E-state index is 10.1. The van der Waals surface area contributed by atoms with Crippen LogP contribution >= 0.6 is 0 Å². The van der Waals surface area contributed by atoms with Crippen LogP contribution in [-0.4, -0.2) is 18.0 Å². The van der Waals surface area contributed by atoms with Gasteiger partial charge >= 0.3 is 0 Å². The monoisotopic (exact) mass is 133 g/mol. The molecule has 0 amide bonds. The van der Waals surface area contributed by atoms with Gasteiger partial charge in [0, 0.05) is 7.77 Å². The van der Waals surface area contributed by atoms with Crippen LogP contribution in [0.4, 0.5) is 0 Å². The maximum atomic E-state index is 10.1. The molecule has 1 N–H and O–H groups in total. The van der Waals surface area contributed by atoms with E-state index in [2.05, 4.69) is 9.85 Å². The van der Waals surface area contributed by atoms with Crippen LogP contribution in [0.3, 0.4) is 0 Å². The van der Waals surface area contributed by atoms with Gasteiger partial charge in [0.25, 0.3) is 0 Å². The van der Waals surface area contributed by atoms with Gasteiger partial charge in [-0.3, -0.25) is 0 Å². The Bertz CT molecular complexity index is 147. The molecule has 0 saturated carbocycles. The van der Waals surface area contributed by atoms with Crippen LogP contribution < -0.4 is 5.11 Å². The molecule has 0 fully saturated rings. The third-order valence-corrected chi connectivity index (χ3v) is 0.468. The third-order valence-electron chi connectivity index (χ3n) is 0.468. The van der Waals surface area contributed by atoms with E-state index in [0.717, 1.165) is 0 Å². The Kier molecular flexibility index (Phi) is 2.57. The van der Waals surface area contributed by atoms with Crippen molar-refractivity contribution < 1.29 is 21.1 Å². The lowest BCUT2D eigenvalue weighted by atomic mass is 10.5. The standard InChI is InChI=1S/C5H8O4/c6-2-1-3-9-4-5(7)8/h2,4,7-8H,1,3H2/p-1/i1D/hD. The summed E-state index contributed by atoms with van der Waals surface area (Å²) in [4.78, 5) is 9.82. The van der Waals surface area contributed by atoms with Gasteiger partial charge in [-0.2, -0.15) is 0 Å². The number of carbonyl (C=O) groups excluding carboxylic acids is 1. The average molecular weight is 133 g/mol. The van der Waals surface area contributed by atoms with Crippen molar-refractivity contribution in [1.82, 2.24) is 0 Å². The molecule has 9 heavy (non-hydrogen) atoms. The number of carbonyl (C=O) groups is 1. The first-order chi connectivity index (χ1) is 5.20. The van der Waals surface area contributed by atoms with Crippen molar-refractivity contribution >= 4 is 6.29 Å². The van der Waals surface area contributed by atoms with Gasteiger partial charge in [0.15, 0.2) is 0 Å². The highest BCUT2D eigenvalue weighted by Gasteiger charge is 1.79. The predicted molar refractivity (Wildman–Crippen MR) is 27.3 cm³/mol. The summed E-state index contributed by atoms with van der Waals surface area (Å²) in [6.45, 7) is -0.210. The first kappa shape index (κ1) is 4.67. The van der Waals surface area contributed by atoms with Gasteiger partial charge in [0.2, 0.25) is 0 Å². The summed E-state index contributed by atoms with van der Waals surface area (Å²) in [5.41, 5.74) is 0. The second kappa shape index (κ2) is 4.96. The molecule has 0 radical (unpaired) electrons. The molecule has 0 rings (SSSR count). The number of ether oxygens (including phenoxy) is 1. The second-order valence-corrected chi connectivity index (χ2v) is 1.14. The number of hydrogen-bond donors (Lipinski definition) is 1. The largest absolute Gasteiger partial charge is 0.627 e. The van der Waals surface area contributed by atoms with Crippen molar-refractivity contribution in [3.63, 3.8) is 0 Å². The first-order valence-electron chi connectivity index (χ1n) is 3.18. The van der Waals surface area contributed by atoms with Crippen molar-refractivity contribution in [3.05, 3.63) is 12.2 Å². The van der Waals surface area contributed by atoms with Gasteiger partial charge in [-0.25, -0.2) is 0 Å². The summed E-state index contributed by atoms with van der Waals surface area (Å²) in [6, 6.07) is 0. The van der Waals surface area contributed by atoms with Crippen LogP contribution in [0.5, 0.6) is 0 Å². The number of aliphatic hydroxyl groups is 1. The summed E-state index contributed by atoms with van der Waals surface area (Å²) in [6.07, 6.45) is 0.00235. The SMILES string of the molecule is [2H]O/C([O-])=C/OCC([2H])C=O. The van der Waals surface area contributed by atoms with Crippen LogP contribution in [0.1, 0.15) is 7.77 Å². The van der Waals surface area contributed by atoms with Gasteiger partial charge in [0.05, 0.1) is 12.6 Å². The molecule has 0 aliphatic rings. The Balaban J connectivity index is 3.47. The third kappa shape index (κ3) is 6.81. The average Bonchev–Trinajstić information content (AvgIpc) is 2.04. The van der Waals surface area contributed by atoms with Gasteiger partial charge in [0.1, 0.15) is 14.0 Å². The van der Waals surface area contributed by atoms with E-state index in [1.54, 1.807) is 0 Å². The molecule has 1 unspecified atom stereocenters. The van der Waals surface area contributed by atoms with E-state index >= 15 is 0 Å². The fourth-order valence-corrected chi connectivity index (χ4v) is 0.211. The molecule has 0 spiro atoms. The lowest BCUT2D eigenvalue weighted by molar-refractivity contribution is -0.351. The summed E-state index contributed by atoms with van der Waals surface area (Å²) >= 11 is 0. The quantitative estimate of drug-likeness (QED) is 0.398. The van der Waals surface area contributed by atoms with Crippen molar-refractivity contribution in [1.29, 1.82) is 1.43 Å². The molecule has 0 aliphatic carbocycles. The van der Waals surface area contributed by atoms with E-state index in [1.807, 2.05) is 0 Å². The van der Waals surface area contributed by atoms with Crippen LogP contribution in [-0.2, 0) is 9.53 Å². The first-order valence-corrected chi connectivity index (χ1v) is 2.20. The minimum absolute atomic E-state index is 0.210. The molecular weight excluding hydrogens is 124 g/mol. The smallest absolute Gasteiger partial charge is 0.123 e. The minimum Gasteiger partial charge on any atom is -0.627 e. The molecular formula is C5H7O4-. The highest BCUT2D eigenvalue weighted by molar-refractivity contribution is 5.49. The van der Waals surface area contributed by atoms with E-state index in [4.69, 9.17) is 2.80 Å². The Hall–Kier alpha value is -1.19. The lowest BCUT2D eigenvalue weighted by Gasteiger charge is -1.98. The molecule has 52 valence electrons. The fourth-order valence-electron chi connectivity index (χ4n) is 0.211. The maximum Gasteiger partial charge on any atom is 0.123 e. The summed E-state index contributed by atoms with van der Waals surface area (Å²) in [5, 5.41) is 13.6. The Morgan fingerprint density at radius 1 is 2.11 bits per heavy atom. The zero-order chi connectivity index (χ0) is 8.69. The summed E-state index contributed by atoms with van der Waals surface area (Å²) < 4.78 is 17.3. The highest BCUT2D eigenvalue weighted by atomic mass is 16.5. The molecule has 4 heteroatoms. The summed E-state index contributed by atoms with van der Waals surface area (Å²) in [5.74, 6) is -0.969. The van der Waals surface area contributed by atoms with E-state index in [0.29, 0.717) is 12.5 Å². The van der Waals surface area contributed by atoms with Gasteiger partial charge in [-0.15, -0.1) is 0 Å². The molecule has 1 atom stereocenters. The predicted octanol–water partition coefficient (Wildman–Crippen LogP) is -0.691. The molecule has 0 bridgehead atoms. The van der Waals surface area contributed by atoms with E-state index < -0.39 is 12.3 Å². The topological polar surface area (TPSA) is 69.6 Å². The van der Waals surface area contributed by atoms with Crippen LogP contribution in [0, 0.1) is 0 Å². The Labute approximate surface area is 55.3 Å². The Morgan fingerprint density at radius 2 is 2.89 bits per heavy atom. The molecule has 0 aromatic heterocycles. The molecule has 0 heterocycles. The zero-order valence-corrected chi connectivity index (χ0v) is 4.57. The van der Waals surface area contributed by atoms with Crippen molar-refractivity contribution in [2.75, 3.05) is 6.61 Å². The molecule has 0 aromatic rings. The van der Waals surface area contributed by atoms with Crippen molar-refractivity contribution in [2.45, 2.75) is 6.40 Å². The number of aldehydes is 1. The number of aliphatic hydroxyl groups excluding tert-OH is 1. The lowest BCUT2D eigenvalue weighted by Crippen LogP contribution is -2.02. The minimum atomic E-state index is -1.01.